The van der Waals surface area contributed by atoms with Gasteiger partial charge < -0.3 is 10.1 Å². The summed E-state index contributed by atoms with van der Waals surface area (Å²) in [5, 5.41) is 3.74. The van der Waals surface area contributed by atoms with E-state index < -0.39 is 0 Å². The third-order valence-corrected chi connectivity index (χ3v) is 3.98. The van der Waals surface area contributed by atoms with Crippen LogP contribution in [0.4, 0.5) is 0 Å². The van der Waals surface area contributed by atoms with Gasteiger partial charge in [-0.1, -0.05) is 27.7 Å². The Labute approximate surface area is 126 Å². The standard InChI is InChI=1S/C17H36N2O/c1-13(2)10-15-12-19(8-9-20-17(5,6)7)16(11-18-15)14(3)4/h13-16,18H,8-12H2,1-7H3. The Morgan fingerprint density at radius 3 is 2.35 bits per heavy atom. The zero-order valence-corrected chi connectivity index (χ0v) is 14.7. The fourth-order valence-electron chi connectivity index (χ4n) is 3.01. The third-order valence-electron chi connectivity index (χ3n) is 3.98. The van der Waals surface area contributed by atoms with Crippen molar-refractivity contribution in [2.45, 2.75) is 72.6 Å². The average Bonchev–Trinajstić information content (AvgIpc) is 2.26. The number of hydrogen-bond donors (Lipinski definition) is 1. The highest BCUT2D eigenvalue weighted by Crippen LogP contribution is 2.18. The van der Waals surface area contributed by atoms with Crippen molar-refractivity contribution in [3.8, 4) is 0 Å². The Morgan fingerprint density at radius 2 is 1.85 bits per heavy atom. The molecule has 2 unspecified atom stereocenters. The number of nitrogens with one attached hydrogen (secondary N) is 1. The lowest BCUT2D eigenvalue weighted by Crippen LogP contribution is -2.59. The van der Waals surface area contributed by atoms with Gasteiger partial charge in [-0.2, -0.15) is 0 Å². The normalized spacial score (nSPS) is 25.6. The Bertz CT molecular complexity index is 271. The molecule has 1 N–H and O–H groups in total. The van der Waals surface area contributed by atoms with E-state index in [2.05, 4.69) is 58.7 Å². The highest BCUT2D eigenvalue weighted by molar-refractivity contribution is 4.88. The van der Waals surface area contributed by atoms with Crippen LogP contribution in [0.15, 0.2) is 0 Å². The fourth-order valence-corrected chi connectivity index (χ4v) is 3.01. The summed E-state index contributed by atoms with van der Waals surface area (Å²) in [7, 11) is 0. The predicted octanol–water partition coefficient (Wildman–Crippen LogP) is 3.15. The lowest BCUT2D eigenvalue weighted by atomic mass is 9.95. The number of rotatable bonds is 6. The van der Waals surface area contributed by atoms with Gasteiger partial charge in [0, 0.05) is 31.7 Å². The topological polar surface area (TPSA) is 24.5 Å². The van der Waals surface area contributed by atoms with Gasteiger partial charge in [0.25, 0.3) is 0 Å². The molecule has 0 saturated carbocycles. The van der Waals surface area contributed by atoms with Crippen molar-refractivity contribution in [1.29, 1.82) is 0 Å². The molecule has 1 heterocycles. The van der Waals surface area contributed by atoms with E-state index in [0.717, 1.165) is 32.2 Å². The summed E-state index contributed by atoms with van der Waals surface area (Å²) in [6, 6.07) is 1.28. The molecule has 1 saturated heterocycles. The molecule has 0 amide bonds. The van der Waals surface area contributed by atoms with Crippen LogP contribution in [0.25, 0.3) is 0 Å². The molecule has 0 radical (unpaired) electrons. The largest absolute Gasteiger partial charge is 0.375 e. The number of ether oxygens (including phenoxy) is 1. The molecular formula is C17H36N2O. The molecule has 0 aromatic carbocycles. The molecule has 1 aliphatic rings. The van der Waals surface area contributed by atoms with Crippen molar-refractivity contribution in [2.24, 2.45) is 11.8 Å². The van der Waals surface area contributed by atoms with Crippen LogP contribution in [0, 0.1) is 11.8 Å². The molecule has 0 aromatic heterocycles. The van der Waals surface area contributed by atoms with E-state index in [-0.39, 0.29) is 5.60 Å². The monoisotopic (exact) mass is 284 g/mol. The van der Waals surface area contributed by atoms with Gasteiger partial charge in [0.15, 0.2) is 0 Å². The maximum atomic E-state index is 5.91. The summed E-state index contributed by atoms with van der Waals surface area (Å²) in [4.78, 5) is 2.64. The molecule has 1 rings (SSSR count). The van der Waals surface area contributed by atoms with Gasteiger partial charge in [-0.15, -0.1) is 0 Å². The second-order valence-electron chi connectivity index (χ2n) is 8.00. The summed E-state index contributed by atoms with van der Waals surface area (Å²) in [6.45, 7) is 19.8. The molecule has 1 fully saturated rings. The smallest absolute Gasteiger partial charge is 0.0600 e. The molecular weight excluding hydrogens is 248 g/mol. The van der Waals surface area contributed by atoms with Crippen molar-refractivity contribution in [3.63, 3.8) is 0 Å². The van der Waals surface area contributed by atoms with Crippen molar-refractivity contribution in [2.75, 3.05) is 26.2 Å². The van der Waals surface area contributed by atoms with Crippen LogP contribution >= 0.6 is 0 Å². The third kappa shape index (κ3) is 6.55. The Morgan fingerprint density at radius 1 is 1.20 bits per heavy atom. The van der Waals surface area contributed by atoms with Gasteiger partial charge in [-0.25, -0.2) is 0 Å². The van der Waals surface area contributed by atoms with Crippen LogP contribution in [0.5, 0.6) is 0 Å². The van der Waals surface area contributed by atoms with Gasteiger partial charge in [0.2, 0.25) is 0 Å². The van der Waals surface area contributed by atoms with E-state index in [1.54, 1.807) is 0 Å². The lowest BCUT2D eigenvalue weighted by Gasteiger charge is -2.43. The first-order valence-electron chi connectivity index (χ1n) is 8.30. The molecule has 0 aromatic rings. The molecule has 2 atom stereocenters. The number of hydrogen-bond acceptors (Lipinski definition) is 3. The van der Waals surface area contributed by atoms with Crippen LogP contribution in [0.2, 0.25) is 0 Å². The van der Waals surface area contributed by atoms with Crippen molar-refractivity contribution >= 4 is 0 Å². The van der Waals surface area contributed by atoms with Crippen LogP contribution < -0.4 is 5.32 Å². The van der Waals surface area contributed by atoms with E-state index in [0.29, 0.717) is 18.0 Å². The first-order valence-corrected chi connectivity index (χ1v) is 8.30. The van der Waals surface area contributed by atoms with Crippen molar-refractivity contribution < 1.29 is 4.74 Å². The predicted molar refractivity (Wildman–Crippen MR) is 87.1 cm³/mol. The van der Waals surface area contributed by atoms with Crippen molar-refractivity contribution in [1.82, 2.24) is 10.2 Å². The fraction of sp³-hybridized carbons (Fsp3) is 1.00. The van der Waals surface area contributed by atoms with E-state index >= 15 is 0 Å². The van der Waals surface area contributed by atoms with Gasteiger partial charge in [-0.3, -0.25) is 4.90 Å². The summed E-state index contributed by atoms with van der Waals surface area (Å²) in [5.41, 5.74) is -0.0291. The van der Waals surface area contributed by atoms with Gasteiger partial charge in [-0.05, 0) is 39.0 Å². The van der Waals surface area contributed by atoms with Crippen LogP contribution in [-0.4, -0.2) is 48.8 Å². The number of piperazine rings is 1. The average molecular weight is 284 g/mol. The first kappa shape index (κ1) is 17.9. The van der Waals surface area contributed by atoms with Gasteiger partial charge in [0.1, 0.15) is 0 Å². The molecule has 3 heteroatoms. The molecule has 3 nitrogen and oxygen atoms in total. The lowest BCUT2D eigenvalue weighted by molar-refractivity contribution is -0.0263. The van der Waals surface area contributed by atoms with Crippen LogP contribution in [-0.2, 0) is 4.74 Å². The molecule has 0 aliphatic carbocycles. The van der Waals surface area contributed by atoms with Crippen LogP contribution in [0.3, 0.4) is 0 Å². The summed E-state index contributed by atoms with van der Waals surface area (Å²) in [6.07, 6.45) is 1.27. The second-order valence-corrected chi connectivity index (χ2v) is 8.00. The molecule has 1 aliphatic heterocycles. The number of nitrogens with zero attached hydrogens (tertiary/aromatic N) is 1. The zero-order chi connectivity index (χ0) is 15.3. The minimum Gasteiger partial charge on any atom is -0.375 e. The summed E-state index contributed by atoms with van der Waals surface area (Å²) >= 11 is 0. The zero-order valence-electron chi connectivity index (χ0n) is 14.7. The summed E-state index contributed by atoms with van der Waals surface area (Å²) in [5.74, 6) is 1.45. The van der Waals surface area contributed by atoms with E-state index in [9.17, 15) is 0 Å². The van der Waals surface area contributed by atoms with E-state index in [1.165, 1.54) is 6.42 Å². The maximum absolute atomic E-state index is 5.91. The second kappa shape index (κ2) is 7.77. The highest BCUT2D eigenvalue weighted by atomic mass is 16.5. The Hall–Kier alpha value is -0.120. The maximum Gasteiger partial charge on any atom is 0.0600 e. The van der Waals surface area contributed by atoms with Gasteiger partial charge in [0.05, 0.1) is 12.2 Å². The summed E-state index contributed by atoms with van der Waals surface area (Å²) < 4.78 is 5.91. The highest BCUT2D eigenvalue weighted by Gasteiger charge is 2.29. The quantitative estimate of drug-likeness (QED) is 0.811. The molecule has 0 bridgehead atoms. The van der Waals surface area contributed by atoms with Gasteiger partial charge >= 0.3 is 0 Å². The first-order chi connectivity index (χ1) is 9.19. The van der Waals surface area contributed by atoms with E-state index in [1.807, 2.05) is 0 Å². The minimum absolute atomic E-state index is 0.0291. The SMILES string of the molecule is CC(C)CC1CN(CCOC(C)(C)C)C(C(C)C)CN1. The molecule has 20 heavy (non-hydrogen) atoms. The Balaban J connectivity index is 2.50. The molecule has 120 valence electrons. The van der Waals surface area contributed by atoms with Crippen LogP contribution in [0.1, 0.15) is 54.9 Å². The minimum atomic E-state index is -0.0291. The van der Waals surface area contributed by atoms with E-state index in [4.69, 9.17) is 4.74 Å². The Kier molecular flexibility index (Phi) is 6.96. The van der Waals surface area contributed by atoms with Crippen molar-refractivity contribution in [3.05, 3.63) is 0 Å². The molecule has 0 spiro atoms.